The molecule has 0 N–H and O–H groups in total. The normalized spacial score (nSPS) is 10.9. The van der Waals surface area contributed by atoms with Crippen molar-refractivity contribution < 1.29 is 0 Å². The van der Waals surface area contributed by atoms with Crippen LogP contribution in [0.15, 0.2) is 24.3 Å². The first-order valence-electron chi connectivity index (χ1n) is 5.09. The number of aryl methyl sites for hydroxylation is 1. The Morgan fingerprint density at radius 3 is 2.50 bits per heavy atom. The van der Waals surface area contributed by atoms with Gasteiger partial charge in [-0.25, -0.2) is 0 Å². The van der Waals surface area contributed by atoms with Gasteiger partial charge in [0.05, 0.1) is 0 Å². The van der Waals surface area contributed by atoms with Crippen molar-refractivity contribution in [3.63, 3.8) is 0 Å². The minimum atomic E-state index is 1.09. The maximum Gasteiger partial charge on any atom is 0.0364 e. The van der Waals surface area contributed by atoms with Gasteiger partial charge in [-0.05, 0) is 36.6 Å². The van der Waals surface area contributed by atoms with Crippen LogP contribution >= 0.6 is 0 Å². The zero-order valence-corrected chi connectivity index (χ0v) is 9.54. The fraction of sp³-hybridized carbons (Fsp3) is 0.385. The standard InChI is InChI=1S/C13H19N/c1-5-6-7-12-8-9-13(14(3)4)10-11(12)2/h6-10H,5H2,1-4H3/b7-6-. The number of anilines is 1. The first-order valence-corrected chi connectivity index (χ1v) is 5.09. The van der Waals surface area contributed by atoms with E-state index in [2.05, 4.69) is 63.2 Å². The molecule has 76 valence electrons. The van der Waals surface area contributed by atoms with Gasteiger partial charge in [0.15, 0.2) is 0 Å². The molecule has 1 aromatic carbocycles. The summed E-state index contributed by atoms with van der Waals surface area (Å²) in [5, 5.41) is 0. The predicted molar refractivity (Wildman–Crippen MR) is 64.8 cm³/mol. The van der Waals surface area contributed by atoms with Gasteiger partial charge in [0.25, 0.3) is 0 Å². The van der Waals surface area contributed by atoms with Crippen molar-refractivity contribution in [2.24, 2.45) is 0 Å². The van der Waals surface area contributed by atoms with Crippen LogP contribution in [0.25, 0.3) is 6.08 Å². The molecule has 0 aromatic heterocycles. The second kappa shape index (κ2) is 4.85. The van der Waals surface area contributed by atoms with Gasteiger partial charge in [0.1, 0.15) is 0 Å². The van der Waals surface area contributed by atoms with Gasteiger partial charge >= 0.3 is 0 Å². The first kappa shape index (κ1) is 10.8. The lowest BCUT2D eigenvalue weighted by atomic mass is 10.1. The molecule has 0 amide bonds. The number of allylic oxidation sites excluding steroid dienone is 1. The van der Waals surface area contributed by atoms with Crippen LogP contribution in [0.2, 0.25) is 0 Å². The molecule has 0 aliphatic heterocycles. The Bertz CT molecular complexity index is 324. The van der Waals surface area contributed by atoms with Gasteiger partial charge in [-0.15, -0.1) is 0 Å². The fourth-order valence-electron chi connectivity index (χ4n) is 1.37. The molecule has 0 saturated carbocycles. The van der Waals surface area contributed by atoms with Crippen LogP contribution < -0.4 is 4.90 Å². The second-order valence-corrected chi connectivity index (χ2v) is 3.75. The van der Waals surface area contributed by atoms with E-state index in [1.807, 2.05) is 0 Å². The molecule has 1 heteroatoms. The summed E-state index contributed by atoms with van der Waals surface area (Å²) < 4.78 is 0. The highest BCUT2D eigenvalue weighted by Gasteiger charge is 1.98. The van der Waals surface area contributed by atoms with Crippen LogP contribution in [-0.2, 0) is 0 Å². The van der Waals surface area contributed by atoms with Gasteiger partial charge in [-0.1, -0.05) is 25.1 Å². The highest BCUT2D eigenvalue weighted by molar-refractivity contribution is 5.59. The lowest BCUT2D eigenvalue weighted by Gasteiger charge is -2.13. The lowest BCUT2D eigenvalue weighted by Crippen LogP contribution is -2.08. The number of nitrogens with zero attached hydrogens (tertiary/aromatic N) is 1. The van der Waals surface area contributed by atoms with Gasteiger partial charge in [-0.2, -0.15) is 0 Å². The molecule has 0 unspecified atom stereocenters. The molecule has 1 nitrogen and oxygen atoms in total. The van der Waals surface area contributed by atoms with E-state index in [1.165, 1.54) is 16.8 Å². The van der Waals surface area contributed by atoms with Gasteiger partial charge in [0, 0.05) is 19.8 Å². The average molecular weight is 189 g/mol. The molecule has 0 aliphatic carbocycles. The van der Waals surface area contributed by atoms with Crippen molar-refractivity contribution in [2.75, 3.05) is 19.0 Å². The maximum absolute atomic E-state index is 2.22. The summed E-state index contributed by atoms with van der Waals surface area (Å²) in [7, 11) is 4.13. The summed E-state index contributed by atoms with van der Waals surface area (Å²) in [6.07, 6.45) is 5.47. The van der Waals surface area contributed by atoms with Gasteiger partial charge < -0.3 is 4.90 Å². The molecular weight excluding hydrogens is 170 g/mol. The molecule has 1 rings (SSSR count). The van der Waals surface area contributed by atoms with E-state index in [4.69, 9.17) is 0 Å². The third-order valence-corrected chi connectivity index (χ3v) is 2.30. The van der Waals surface area contributed by atoms with Crippen molar-refractivity contribution in [1.29, 1.82) is 0 Å². The van der Waals surface area contributed by atoms with Crippen LogP contribution in [0.5, 0.6) is 0 Å². The predicted octanol–water partition coefficient (Wildman–Crippen LogP) is 3.48. The van der Waals surface area contributed by atoms with E-state index in [0.29, 0.717) is 0 Å². The van der Waals surface area contributed by atoms with Crippen LogP contribution in [0.3, 0.4) is 0 Å². The summed E-state index contributed by atoms with van der Waals surface area (Å²) in [6.45, 7) is 4.31. The minimum Gasteiger partial charge on any atom is -0.378 e. The van der Waals surface area contributed by atoms with E-state index < -0.39 is 0 Å². The monoisotopic (exact) mass is 189 g/mol. The highest BCUT2D eigenvalue weighted by Crippen LogP contribution is 2.18. The molecule has 0 bridgehead atoms. The fourth-order valence-corrected chi connectivity index (χ4v) is 1.37. The van der Waals surface area contributed by atoms with E-state index in [9.17, 15) is 0 Å². The third-order valence-electron chi connectivity index (χ3n) is 2.30. The number of benzene rings is 1. The van der Waals surface area contributed by atoms with E-state index >= 15 is 0 Å². The van der Waals surface area contributed by atoms with E-state index in [0.717, 1.165) is 6.42 Å². The molecule has 0 atom stereocenters. The molecule has 1 aromatic rings. The van der Waals surface area contributed by atoms with Gasteiger partial charge in [-0.3, -0.25) is 0 Å². The van der Waals surface area contributed by atoms with Crippen LogP contribution in [0, 0.1) is 6.92 Å². The van der Waals surface area contributed by atoms with E-state index in [1.54, 1.807) is 0 Å². The summed E-state index contributed by atoms with van der Waals surface area (Å²) >= 11 is 0. The zero-order valence-electron chi connectivity index (χ0n) is 9.54. The Hall–Kier alpha value is -1.24. The first-order chi connectivity index (χ1) is 6.65. The van der Waals surface area contributed by atoms with Crippen molar-refractivity contribution in [3.8, 4) is 0 Å². The van der Waals surface area contributed by atoms with Crippen molar-refractivity contribution in [3.05, 3.63) is 35.4 Å². The average Bonchev–Trinajstić information content (AvgIpc) is 2.15. The Morgan fingerprint density at radius 1 is 1.29 bits per heavy atom. The maximum atomic E-state index is 2.22. The van der Waals surface area contributed by atoms with Crippen molar-refractivity contribution in [2.45, 2.75) is 20.3 Å². The minimum absolute atomic E-state index is 1.09. The topological polar surface area (TPSA) is 3.24 Å². The number of hydrogen-bond acceptors (Lipinski definition) is 1. The van der Waals surface area contributed by atoms with Crippen LogP contribution in [0.4, 0.5) is 5.69 Å². The zero-order chi connectivity index (χ0) is 10.6. The smallest absolute Gasteiger partial charge is 0.0364 e. The molecule has 0 radical (unpaired) electrons. The van der Waals surface area contributed by atoms with Crippen LogP contribution in [-0.4, -0.2) is 14.1 Å². The molecule has 0 saturated heterocycles. The summed E-state index contributed by atoms with van der Waals surface area (Å²) in [5.74, 6) is 0. The summed E-state index contributed by atoms with van der Waals surface area (Å²) in [4.78, 5) is 2.13. The molecule has 0 aliphatic rings. The Kier molecular flexibility index (Phi) is 3.75. The summed E-state index contributed by atoms with van der Waals surface area (Å²) in [6, 6.07) is 6.55. The molecule has 14 heavy (non-hydrogen) atoms. The Labute approximate surface area is 87.1 Å². The Balaban J connectivity index is 2.95. The van der Waals surface area contributed by atoms with Crippen LogP contribution in [0.1, 0.15) is 24.5 Å². The lowest BCUT2D eigenvalue weighted by molar-refractivity contribution is 1.13. The highest BCUT2D eigenvalue weighted by atomic mass is 15.1. The Morgan fingerprint density at radius 2 is 2.00 bits per heavy atom. The van der Waals surface area contributed by atoms with E-state index in [-0.39, 0.29) is 0 Å². The SMILES string of the molecule is CC/C=C\c1ccc(N(C)C)cc1C. The van der Waals surface area contributed by atoms with Crippen molar-refractivity contribution >= 4 is 11.8 Å². The molecule has 0 heterocycles. The number of rotatable bonds is 3. The van der Waals surface area contributed by atoms with Gasteiger partial charge in [0.2, 0.25) is 0 Å². The second-order valence-electron chi connectivity index (χ2n) is 3.75. The number of hydrogen-bond donors (Lipinski definition) is 0. The summed E-state index contributed by atoms with van der Waals surface area (Å²) in [5.41, 5.74) is 3.91. The molecule has 0 spiro atoms. The van der Waals surface area contributed by atoms with Crippen molar-refractivity contribution in [1.82, 2.24) is 0 Å². The largest absolute Gasteiger partial charge is 0.378 e. The third kappa shape index (κ3) is 2.63. The molecule has 0 fully saturated rings. The molecular formula is C13H19N. The quantitative estimate of drug-likeness (QED) is 0.703.